The van der Waals surface area contributed by atoms with Crippen molar-refractivity contribution in [2.24, 2.45) is 0 Å². The van der Waals surface area contributed by atoms with Gasteiger partial charge in [0.15, 0.2) is 11.5 Å². The number of nitrogens with one attached hydrogen (secondary N) is 1. The lowest BCUT2D eigenvalue weighted by atomic mass is 10.2. The zero-order valence-corrected chi connectivity index (χ0v) is 9.21. The van der Waals surface area contributed by atoms with Gasteiger partial charge in [-0.05, 0) is 24.2 Å². The third-order valence-corrected chi connectivity index (χ3v) is 2.38. The summed E-state index contributed by atoms with van der Waals surface area (Å²) in [6.07, 6.45) is 0.844. The molecule has 0 radical (unpaired) electrons. The van der Waals surface area contributed by atoms with E-state index >= 15 is 0 Å². The van der Waals surface area contributed by atoms with E-state index in [1.807, 2.05) is 13.0 Å². The van der Waals surface area contributed by atoms with Crippen molar-refractivity contribution in [2.45, 2.75) is 26.8 Å². The fourth-order valence-electron chi connectivity index (χ4n) is 1.55. The maximum absolute atomic E-state index is 5.55. The van der Waals surface area contributed by atoms with Crippen molar-refractivity contribution in [3.63, 3.8) is 0 Å². The molecule has 0 saturated heterocycles. The normalized spacial score (nSPS) is 11.1. The Morgan fingerprint density at radius 3 is 2.93 bits per heavy atom. The van der Waals surface area contributed by atoms with Crippen molar-refractivity contribution in [1.29, 1.82) is 0 Å². The molecule has 0 amide bonds. The van der Waals surface area contributed by atoms with Gasteiger partial charge in [-0.1, -0.05) is 19.9 Å². The van der Waals surface area contributed by atoms with Crippen LogP contribution in [0.4, 0.5) is 0 Å². The molecule has 1 aromatic carbocycles. The first-order valence-electron chi connectivity index (χ1n) is 5.42. The van der Waals surface area contributed by atoms with Gasteiger partial charge in [0.05, 0.1) is 0 Å². The highest BCUT2D eigenvalue weighted by Crippen LogP contribution is 2.17. The molecular weight excluding hydrogens is 188 g/mol. The maximum atomic E-state index is 5.55. The van der Waals surface area contributed by atoms with Crippen LogP contribution in [0.25, 0.3) is 11.1 Å². The average molecular weight is 204 g/mol. The summed E-state index contributed by atoms with van der Waals surface area (Å²) in [6.45, 7) is 6.02. The Bertz CT molecular complexity index is 448. The van der Waals surface area contributed by atoms with Gasteiger partial charge in [-0.2, -0.15) is 0 Å². The summed E-state index contributed by atoms with van der Waals surface area (Å²) < 4.78 is 5.55. The Morgan fingerprint density at radius 1 is 1.33 bits per heavy atom. The van der Waals surface area contributed by atoms with E-state index in [0.29, 0.717) is 0 Å². The lowest BCUT2D eigenvalue weighted by molar-refractivity contribution is 0.538. The highest BCUT2D eigenvalue weighted by Gasteiger charge is 2.04. The minimum Gasteiger partial charge on any atom is -0.441 e. The van der Waals surface area contributed by atoms with Gasteiger partial charge in [-0.25, -0.2) is 4.98 Å². The molecule has 0 aliphatic rings. The maximum Gasteiger partial charge on any atom is 0.195 e. The highest BCUT2D eigenvalue weighted by molar-refractivity contribution is 5.73. The number of hydrogen-bond donors (Lipinski definition) is 1. The third kappa shape index (κ3) is 2.18. The summed E-state index contributed by atoms with van der Waals surface area (Å²) >= 11 is 0. The monoisotopic (exact) mass is 204 g/mol. The molecule has 2 rings (SSSR count). The summed E-state index contributed by atoms with van der Waals surface area (Å²) in [5.74, 6) is 0.811. The van der Waals surface area contributed by atoms with Crippen LogP contribution in [0, 0.1) is 0 Å². The molecule has 2 aromatic rings. The van der Waals surface area contributed by atoms with Crippen molar-refractivity contribution < 1.29 is 4.42 Å². The molecule has 0 aliphatic carbocycles. The smallest absolute Gasteiger partial charge is 0.195 e. The lowest BCUT2D eigenvalue weighted by Crippen LogP contribution is -2.11. The summed E-state index contributed by atoms with van der Waals surface area (Å²) in [6, 6.07) is 6.16. The Kier molecular flexibility index (Phi) is 3.02. The number of oxazole rings is 1. The number of aromatic nitrogens is 1. The first-order chi connectivity index (χ1) is 7.33. The van der Waals surface area contributed by atoms with E-state index in [0.717, 1.165) is 36.5 Å². The Hall–Kier alpha value is -1.35. The van der Waals surface area contributed by atoms with Crippen molar-refractivity contribution in [3.05, 3.63) is 29.7 Å². The van der Waals surface area contributed by atoms with E-state index in [1.165, 1.54) is 5.56 Å². The molecule has 80 valence electrons. The second-order valence-electron chi connectivity index (χ2n) is 3.54. The average Bonchev–Trinajstić information content (AvgIpc) is 2.68. The molecule has 0 atom stereocenters. The molecule has 0 aliphatic heterocycles. The molecular formula is C12H16N2O. The topological polar surface area (TPSA) is 38.1 Å². The molecule has 0 bridgehead atoms. The molecule has 15 heavy (non-hydrogen) atoms. The van der Waals surface area contributed by atoms with Gasteiger partial charge >= 0.3 is 0 Å². The highest BCUT2D eigenvalue weighted by atomic mass is 16.3. The summed E-state index contributed by atoms with van der Waals surface area (Å²) in [5.41, 5.74) is 3.09. The first kappa shape index (κ1) is 10.2. The Labute approximate surface area is 89.5 Å². The second-order valence-corrected chi connectivity index (χ2v) is 3.54. The molecule has 3 heteroatoms. The number of rotatable bonds is 4. The zero-order chi connectivity index (χ0) is 10.7. The number of aryl methyl sites for hydroxylation is 1. The van der Waals surface area contributed by atoms with Gasteiger partial charge in [0, 0.05) is 13.0 Å². The predicted molar refractivity (Wildman–Crippen MR) is 60.8 cm³/mol. The number of fused-ring (bicyclic) bond motifs is 1. The number of benzene rings is 1. The van der Waals surface area contributed by atoms with Crippen LogP contribution >= 0.6 is 0 Å². The van der Waals surface area contributed by atoms with Gasteiger partial charge in [-0.3, -0.25) is 0 Å². The summed E-state index contributed by atoms with van der Waals surface area (Å²) in [4.78, 5) is 4.41. The molecule has 0 spiro atoms. The van der Waals surface area contributed by atoms with E-state index in [1.54, 1.807) is 0 Å². The van der Waals surface area contributed by atoms with Crippen LogP contribution in [0.3, 0.4) is 0 Å². The minimum atomic E-state index is 0.811. The van der Waals surface area contributed by atoms with Crippen molar-refractivity contribution in [3.8, 4) is 0 Å². The van der Waals surface area contributed by atoms with Crippen LogP contribution in [0.15, 0.2) is 22.6 Å². The van der Waals surface area contributed by atoms with Gasteiger partial charge in [-0.15, -0.1) is 0 Å². The van der Waals surface area contributed by atoms with E-state index in [9.17, 15) is 0 Å². The van der Waals surface area contributed by atoms with Crippen LogP contribution in [0.5, 0.6) is 0 Å². The standard InChI is InChI=1S/C12H16N2O/c1-3-12-14-10-7-9(8-13-4-2)5-6-11(10)15-12/h5-7,13H,3-4,8H2,1-2H3. The third-order valence-electron chi connectivity index (χ3n) is 2.38. The largest absolute Gasteiger partial charge is 0.441 e. The SMILES string of the molecule is CCNCc1ccc2oc(CC)nc2c1. The quantitative estimate of drug-likeness (QED) is 0.831. The zero-order valence-electron chi connectivity index (χ0n) is 9.21. The summed E-state index contributed by atoms with van der Waals surface area (Å²) in [5, 5.41) is 3.29. The van der Waals surface area contributed by atoms with Crippen LogP contribution in [0.2, 0.25) is 0 Å². The minimum absolute atomic E-state index is 0.811. The van der Waals surface area contributed by atoms with Crippen molar-refractivity contribution in [2.75, 3.05) is 6.54 Å². The first-order valence-corrected chi connectivity index (χ1v) is 5.42. The van der Waals surface area contributed by atoms with E-state index in [-0.39, 0.29) is 0 Å². The molecule has 1 heterocycles. The van der Waals surface area contributed by atoms with Crippen LogP contribution in [0.1, 0.15) is 25.3 Å². The van der Waals surface area contributed by atoms with E-state index < -0.39 is 0 Å². The van der Waals surface area contributed by atoms with Crippen molar-refractivity contribution >= 4 is 11.1 Å². The van der Waals surface area contributed by atoms with Gasteiger partial charge in [0.25, 0.3) is 0 Å². The Balaban J connectivity index is 2.29. The summed E-state index contributed by atoms with van der Waals surface area (Å²) in [7, 11) is 0. The van der Waals surface area contributed by atoms with Crippen LogP contribution < -0.4 is 5.32 Å². The molecule has 1 aromatic heterocycles. The van der Waals surface area contributed by atoms with Crippen molar-refractivity contribution in [1.82, 2.24) is 10.3 Å². The molecule has 1 N–H and O–H groups in total. The lowest BCUT2D eigenvalue weighted by Gasteiger charge is -2.00. The number of hydrogen-bond acceptors (Lipinski definition) is 3. The van der Waals surface area contributed by atoms with Gasteiger partial charge in [0.1, 0.15) is 5.52 Å². The molecule has 0 fully saturated rings. The fraction of sp³-hybridized carbons (Fsp3) is 0.417. The number of nitrogens with zero attached hydrogens (tertiary/aromatic N) is 1. The Morgan fingerprint density at radius 2 is 2.20 bits per heavy atom. The van der Waals surface area contributed by atoms with Gasteiger partial charge in [0.2, 0.25) is 0 Å². The molecule has 3 nitrogen and oxygen atoms in total. The molecule has 0 saturated carbocycles. The van der Waals surface area contributed by atoms with Gasteiger partial charge < -0.3 is 9.73 Å². The fourth-order valence-corrected chi connectivity index (χ4v) is 1.55. The predicted octanol–water partition coefficient (Wildman–Crippen LogP) is 2.50. The van der Waals surface area contributed by atoms with Crippen LogP contribution in [-0.2, 0) is 13.0 Å². The molecule has 0 unspecified atom stereocenters. The second kappa shape index (κ2) is 4.45. The van der Waals surface area contributed by atoms with Crippen LogP contribution in [-0.4, -0.2) is 11.5 Å². The van der Waals surface area contributed by atoms with E-state index in [2.05, 4.69) is 29.4 Å². The van der Waals surface area contributed by atoms with E-state index in [4.69, 9.17) is 4.42 Å².